The van der Waals surface area contributed by atoms with Crippen molar-refractivity contribution in [3.63, 3.8) is 0 Å². The lowest BCUT2D eigenvalue weighted by atomic mass is 9.94. The van der Waals surface area contributed by atoms with Crippen LogP contribution in [-0.2, 0) is 11.3 Å². The molecule has 6 heteroatoms. The normalized spacial score (nSPS) is 17.5. The highest BCUT2D eigenvalue weighted by atomic mass is 16.5. The summed E-state index contributed by atoms with van der Waals surface area (Å²) in [6, 6.07) is 11.7. The van der Waals surface area contributed by atoms with Crippen LogP contribution in [-0.4, -0.2) is 31.3 Å². The average Bonchev–Trinajstić information content (AvgIpc) is 3.20. The largest absolute Gasteiger partial charge is 0.495 e. The number of carbonyl (C=O) groups excluding carboxylic acids is 1. The number of urea groups is 1. The molecule has 0 bridgehead atoms. The molecule has 1 saturated heterocycles. The van der Waals surface area contributed by atoms with E-state index in [0.717, 1.165) is 37.2 Å². The maximum absolute atomic E-state index is 12.5. The standard InChI is InChI=1S/C20H25N3O3/c1-25-19-13-21-9-7-17(19)12-22-20(24)23-18(11-15-8-10-26-14-15)16-5-3-2-4-6-16/h2-7,9,13,15,18H,8,10-12,14H2,1H3,(H2,22,23,24). The fraction of sp³-hybridized carbons (Fsp3) is 0.400. The first-order valence-corrected chi connectivity index (χ1v) is 8.90. The van der Waals surface area contributed by atoms with Crippen LogP contribution in [0.3, 0.4) is 0 Å². The molecular weight excluding hydrogens is 330 g/mol. The van der Waals surface area contributed by atoms with Gasteiger partial charge in [-0.3, -0.25) is 4.98 Å². The molecule has 0 radical (unpaired) electrons. The fourth-order valence-corrected chi connectivity index (χ4v) is 3.19. The van der Waals surface area contributed by atoms with Crippen LogP contribution >= 0.6 is 0 Å². The van der Waals surface area contributed by atoms with Crippen molar-refractivity contribution >= 4 is 6.03 Å². The van der Waals surface area contributed by atoms with Gasteiger partial charge in [-0.05, 0) is 30.4 Å². The second-order valence-electron chi connectivity index (χ2n) is 6.44. The maximum atomic E-state index is 12.5. The number of hydrogen-bond donors (Lipinski definition) is 2. The van der Waals surface area contributed by atoms with E-state index in [2.05, 4.69) is 15.6 Å². The number of aromatic nitrogens is 1. The number of amides is 2. The van der Waals surface area contributed by atoms with E-state index in [-0.39, 0.29) is 12.1 Å². The molecule has 1 aliphatic heterocycles. The summed E-state index contributed by atoms with van der Waals surface area (Å²) in [7, 11) is 1.59. The molecule has 2 N–H and O–H groups in total. The topological polar surface area (TPSA) is 72.5 Å². The van der Waals surface area contributed by atoms with Gasteiger partial charge in [0.1, 0.15) is 5.75 Å². The molecule has 1 aromatic carbocycles. The molecule has 1 aliphatic rings. The van der Waals surface area contributed by atoms with Crippen LogP contribution in [0.1, 0.15) is 30.0 Å². The zero-order valence-electron chi connectivity index (χ0n) is 15.0. The van der Waals surface area contributed by atoms with Crippen molar-refractivity contribution in [1.82, 2.24) is 15.6 Å². The van der Waals surface area contributed by atoms with Crippen molar-refractivity contribution < 1.29 is 14.3 Å². The van der Waals surface area contributed by atoms with Gasteiger partial charge in [-0.25, -0.2) is 4.79 Å². The highest BCUT2D eigenvalue weighted by molar-refractivity contribution is 5.74. The van der Waals surface area contributed by atoms with Gasteiger partial charge >= 0.3 is 6.03 Å². The molecule has 2 aromatic rings. The molecular formula is C20H25N3O3. The molecule has 1 fully saturated rings. The van der Waals surface area contributed by atoms with E-state index in [1.807, 2.05) is 36.4 Å². The van der Waals surface area contributed by atoms with Crippen LogP contribution in [0.25, 0.3) is 0 Å². The minimum Gasteiger partial charge on any atom is -0.495 e. The SMILES string of the molecule is COc1cnccc1CNC(=O)NC(CC1CCOC1)c1ccccc1. The Morgan fingerprint density at radius 1 is 1.35 bits per heavy atom. The van der Waals surface area contributed by atoms with Gasteiger partial charge in [0.2, 0.25) is 0 Å². The summed E-state index contributed by atoms with van der Waals surface area (Å²) in [4.78, 5) is 16.5. The minimum absolute atomic E-state index is 0.0396. The van der Waals surface area contributed by atoms with Crippen LogP contribution in [0.2, 0.25) is 0 Å². The first-order chi connectivity index (χ1) is 12.8. The van der Waals surface area contributed by atoms with E-state index in [1.165, 1.54) is 0 Å². The van der Waals surface area contributed by atoms with Crippen molar-refractivity contribution in [3.8, 4) is 5.75 Å². The molecule has 0 aliphatic carbocycles. The van der Waals surface area contributed by atoms with Gasteiger partial charge in [-0.1, -0.05) is 30.3 Å². The van der Waals surface area contributed by atoms with Crippen LogP contribution < -0.4 is 15.4 Å². The molecule has 6 nitrogen and oxygen atoms in total. The van der Waals surface area contributed by atoms with Crippen molar-refractivity contribution in [2.24, 2.45) is 5.92 Å². The summed E-state index contributed by atoms with van der Waals surface area (Å²) < 4.78 is 10.8. The van der Waals surface area contributed by atoms with Crippen molar-refractivity contribution in [3.05, 3.63) is 59.9 Å². The van der Waals surface area contributed by atoms with Gasteiger partial charge in [0.15, 0.2) is 0 Å². The number of carbonyl (C=O) groups is 1. The van der Waals surface area contributed by atoms with Gasteiger partial charge in [0.25, 0.3) is 0 Å². The lowest BCUT2D eigenvalue weighted by Gasteiger charge is -2.22. The number of nitrogens with one attached hydrogen (secondary N) is 2. The molecule has 2 atom stereocenters. The summed E-state index contributed by atoms with van der Waals surface area (Å²) in [6.07, 6.45) is 5.24. The van der Waals surface area contributed by atoms with Crippen molar-refractivity contribution in [2.45, 2.75) is 25.4 Å². The highest BCUT2D eigenvalue weighted by Gasteiger charge is 2.23. The van der Waals surface area contributed by atoms with Crippen LogP contribution in [0.15, 0.2) is 48.8 Å². The number of benzene rings is 1. The molecule has 26 heavy (non-hydrogen) atoms. The van der Waals surface area contributed by atoms with E-state index in [1.54, 1.807) is 19.5 Å². The third kappa shape index (κ3) is 4.95. The smallest absolute Gasteiger partial charge is 0.315 e. The van der Waals surface area contributed by atoms with E-state index in [0.29, 0.717) is 18.2 Å². The van der Waals surface area contributed by atoms with Gasteiger partial charge < -0.3 is 20.1 Å². The van der Waals surface area contributed by atoms with Gasteiger partial charge in [-0.2, -0.15) is 0 Å². The third-order valence-electron chi connectivity index (χ3n) is 4.63. The number of methoxy groups -OCH3 is 1. The second-order valence-corrected chi connectivity index (χ2v) is 6.44. The zero-order valence-corrected chi connectivity index (χ0v) is 15.0. The van der Waals surface area contributed by atoms with Crippen LogP contribution in [0.4, 0.5) is 4.79 Å². The Hall–Kier alpha value is -2.60. The van der Waals surface area contributed by atoms with Crippen molar-refractivity contribution in [2.75, 3.05) is 20.3 Å². The Morgan fingerprint density at radius 2 is 2.19 bits per heavy atom. The molecule has 0 spiro atoms. The summed E-state index contributed by atoms with van der Waals surface area (Å²) >= 11 is 0. The first kappa shape index (κ1) is 18.2. The predicted octanol–water partition coefficient (Wildman–Crippen LogP) is 3.06. The van der Waals surface area contributed by atoms with Crippen LogP contribution in [0.5, 0.6) is 5.75 Å². The molecule has 0 saturated carbocycles. The maximum Gasteiger partial charge on any atom is 0.315 e. The lowest BCUT2D eigenvalue weighted by Crippen LogP contribution is -2.38. The molecule has 1 aromatic heterocycles. The Morgan fingerprint density at radius 3 is 2.92 bits per heavy atom. The highest BCUT2D eigenvalue weighted by Crippen LogP contribution is 2.26. The summed E-state index contributed by atoms with van der Waals surface area (Å²) in [5.41, 5.74) is 1.99. The molecule has 3 rings (SSSR count). The summed E-state index contributed by atoms with van der Waals surface area (Å²) in [5.74, 6) is 1.14. The molecule has 2 amide bonds. The van der Waals surface area contributed by atoms with E-state index < -0.39 is 0 Å². The second kappa shape index (κ2) is 9.20. The molecule has 2 heterocycles. The van der Waals surface area contributed by atoms with Gasteiger partial charge in [0, 0.05) is 31.5 Å². The van der Waals surface area contributed by atoms with E-state index in [9.17, 15) is 4.79 Å². The first-order valence-electron chi connectivity index (χ1n) is 8.90. The van der Waals surface area contributed by atoms with E-state index >= 15 is 0 Å². The fourth-order valence-electron chi connectivity index (χ4n) is 3.19. The third-order valence-corrected chi connectivity index (χ3v) is 4.63. The monoisotopic (exact) mass is 355 g/mol. The Kier molecular flexibility index (Phi) is 6.44. The van der Waals surface area contributed by atoms with Gasteiger partial charge in [-0.15, -0.1) is 0 Å². The summed E-state index contributed by atoms with van der Waals surface area (Å²) in [5, 5.41) is 6.02. The minimum atomic E-state index is -0.198. The number of pyridine rings is 1. The molecule has 2 unspecified atom stereocenters. The van der Waals surface area contributed by atoms with E-state index in [4.69, 9.17) is 9.47 Å². The van der Waals surface area contributed by atoms with Crippen LogP contribution in [0, 0.1) is 5.92 Å². The quantitative estimate of drug-likeness (QED) is 0.801. The number of hydrogen-bond acceptors (Lipinski definition) is 4. The Labute approximate surface area is 153 Å². The number of ether oxygens (including phenoxy) is 2. The summed E-state index contributed by atoms with van der Waals surface area (Å²) in [6.45, 7) is 1.95. The molecule has 138 valence electrons. The number of nitrogens with zero attached hydrogens (tertiary/aromatic N) is 1. The predicted molar refractivity (Wildman–Crippen MR) is 98.9 cm³/mol. The number of rotatable bonds is 7. The lowest BCUT2D eigenvalue weighted by molar-refractivity contribution is 0.181. The average molecular weight is 355 g/mol. The Bertz CT molecular complexity index is 702. The van der Waals surface area contributed by atoms with Gasteiger partial charge in [0.05, 0.1) is 19.3 Å². The zero-order chi connectivity index (χ0) is 18.2. The Balaban J connectivity index is 1.61. The van der Waals surface area contributed by atoms with Crippen molar-refractivity contribution in [1.29, 1.82) is 0 Å².